The number of amides is 1. The summed E-state index contributed by atoms with van der Waals surface area (Å²) in [6.07, 6.45) is 3.21. The van der Waals surface area contributed by atoms with Gasteiger partial charge in [-0.15, -0.1) is 10.2 Å². The zero-order chi connectivity index (χ0) is 23.3. The first-order valence-corrected chi connectivity index (χ1v) is 13.0. The lowest BCUT2D eigenvalue weighted by molar-refractivity contribution is -0.129. The van der Waals surface area contributed by atoms with E-state index in [-0.39, 0.29) is 11.9 Å². The highest BCUT2D eigenvalue weighted by atomic mass is 32.2. The summed E-state index contributed by atoms with van der Waals surface area (Å²) >= 11 is 1.47. The second kappa shape index (κ2) is 10.6. The molecule has 1 saturated heterocycles. The van der Waals surface area contributed by atoms with Gasteiger partial charge in [-0.3, -0.25) is 9.36 Å². The third kappa shape index (κ3) is 4.98. The van der Waals surface area contributed by atoms with E-state index in [0.29, 0.717) is 25.5 Å². The van der Waals surface area contributed by atoms with Crippen molar-refractivity contribution in [3.05, 3.63) is 71.3 Å². The van der Waals surface area contributed by atoms with Gasteiger partial charge < -0.3 is 14.5 Å². The number of nitrogens with zero attached hydrogens (tertiary/aromatic N) is 5. The molecule has 2 aromatic carbocycles. The molecule has 3 aromatic rings. The normalized spacial score (nSPS) is 17.9. The van der Waals surface area contributed by atoms with Crippen molar-refractivity contribution in [1.29, 1.82) is 0 Å². The number of thioether (sulfide) groups is 1. The molecule has 2 aliphatic rings. The maximum absolute atomic E-state index is 13.2. The maximum atomic E-state index is 13.2. The minimum atomic E-state index is 0.119. The molecule has 34 heavy (non-hydrogen) atoms. The number of rotatable bonds is 7. The van der Waals surface area contributed by atoms with Crippen LogP contribution in [-0.4, -0.2) is 64.7 Å². The number of ether oxygens (including phenoxy) is 1. The number of carbonyl (C=O) groups is 1. The maximum Gasteiger partial charge on any atom is 0.233 e. The molecule has 5 rings (SSSR count). The Labute approximate surface area is 205 Å². The van der Waals surface area contributed by atoms with E-state index < -0.39 is 0 Å². The average molecular weight is 478 g/mol. The number of carbonyl (C=O) groups excluding carboxylic acids is 1. The monoisotopic (exact) mass is 477 g/mol. The predicted octanol–water partition coefficient (Wildman–Crippen LogP) is 3.79. The van der Waals surface area contributed by atoms with Gasteiger partial charge in [0.05, 0.1) is 31.6 Å². The average Bonchev–Trinajstić information content (AvgIpc) is 3.29. The van der Waals surface area contributed by atoms with Crippen LogP contribution >= 0.6 is 11.8 Å². The van der Waals surface area contributed by atoms with Crippen LogP contribution in [0.3, 0.4) is 0 Å². The molecule has 0 spiro atoms. The second-order valence-corrected chi connectivity index (χ2v) is 9.80. The van der Waals surface area contributed by atoms with Crippen molar-refractivity contribution in [2.75, 3.05) is 44.0 Å². The quantitative estimate of drug-likeness (QED) is 0.483. The summed E-state index contributed by atoms with van der Waals surface area (Å²) in [5.74, 6) is 1.30. The fourth-order valence-electron chi connectivity index (χ4n) is 4.82. The molecular formula is C26H31N5O2S. The molecule has 0 bridgehead atoms. The number of aromatic nitrogens is 3. The first-order valence-electron chi connectivity index (χ1n) is 12.0. The van der Waals surface area contributed by atoms with Crippen molar-refractivity contribution >= 4 is 23.6 Å². The number of morpholine rings is 1. The Balaban J connectivity index is 1.32. The molecule has 0 N–H and O–H groups in total. The molecule has 1 aliphatic carbocycles. The summed E-state index contributed by atoms with van der Waals surface area (Å²) in [5, 5.41) is 9.78. The molecule has 1 amide bonds. The Morgan fingerprint density at radius 2 is 1.85 bits per heavy atom. The van der Waals surface area contributed by atoms with Gasteiger partial charge in [0.15, 0.2) is 5.16 Å². The highest BCUT2D eigenvalue weighted by Gasteiger charge is 2.27. The molecule has 1 aromatic heterocycles. The van der Waals surface area contributed by atoms with Crippen molar-refractivity contribution in [2.24, 2.45) is 0 Å². The zero-order valence-corrected chi connectivity index (χ0v) is 20.4. The lowest BCUT2D eigenvalue weighted by atomic mass is 9.87. The standard InChI is InChI=1S/C26H31N5O2S/c1-29(23-13-7-11-21-10-5-6-12-22(21)23)24(32)19-34-26-28-27-25(30-14-16-33-17-15-30)31(26)18-20-8-3-2-4-9-20/h2-6,8-10,12,23H,7,11,13-19H2,1H3/t23-/m1/s1. The molecule has 0 saturated carbocycles. The summed E-state index contributed by atoms with van der Waals surface area (Å²) in [6, 6.07) is 19.0. The van der Waals surface area contributed by atoms with Gasteiger partial charge in [-0.2, -0.15) is 0 Å². The first-order chi connectivity index (χ1) is 16.7. The van der Waals surface area contributed by atoms with Crippen molar-refractivity contribution in [3.8, 4) is 0 Å². The van der Waals surface area contributed by atoms with Crippen molar-refractivity contribution in [1.82, 2.24) is 19.7 Å². The SMILES string of the molecule is CN(C(=O)CSc1nnc(N2CCOCC2)n1Cc1ccccc1)[C@@H]1CCCc2ccccc21. The van der Waals surface area contributed by atoms with E-state index in [2.05, 4.69) is 56.1 Å². The Bertz CT molecular complexity index is 1110. The fourth-order valence-corrected chi connectivity index (χ4v) is 5.68. The summed E-state index contributed by atoms with van der Waals surface area (Å²) in [5.41, 5.74) is 3.83. The lowest BCUT2D eigenvalue weighted by Gasteiger charge is -2.33. The van der Waals surface area contributed by atoms with Crippen LogP contribution in [0.1, 0.15) is 35.6 Å². The Morgan fingerprint density at radius 1 is 1.09 bits per heavy atom. The van der Waals surface area contributed by atoms with Crippen LogP contribution in [0.15, 0.2) is 59.8 Å². The van der Waals surface area contributed by atoms with Gasteiger partial charge in [-0.05, 0) is 36.0 Å². The first kappa shape index (κ1) is 22.9. The summed E-state index contributed by atoms with van der Waals surface area (Å²) in [6.45, 7) is 3.63. The molecule has 1 fully saturated rings. The number of hydrogen-bond acceptors (Lipinski definition) is 6. The van der Waals surface area contributed by atoms with E-state index >= 15 is 0 Å². The minimum Gasteiger partial charge on any atom is -0.378 e. The van der Waals surface area contributed by atoms with Crippen LogP contribution in [0.2, 0.25) is 0 Å². The number of fused-ring (bicyclic) bond motifs is 1. The van der Waals surface area contributed by atoms with Crippen molar-refractivity contribution in [3.63, 3.8) is 0 Å². The zero-order valence-electron chi connectivity index (χ0n) is 19.6. The predicted molar refractivity (Wildman–Crippen MR) is 134 cm³/mol. The fraction of sp³-hybridized carbons (Fsp3) is 0.423. The molecule has 178 valence electrons. The Kier molecular flexibility index (Phi) is 7.16. The Hall–Kier alpha value is -2.84. The number of benzene rings is 2. The van der Waals surface area contributed by atoms with Gasteiger partial charge in [0, 0.05) is 20.1 Å². The van der Waals surface area contributed by atoms with Gasteiger partial charge in [0.2, 0.25) is 11.9 Å². The molecule has 7 nitrogen and oxygen atoms in total. The van der Waals surface area contributed by atoms with Crippen LogP contribution in [0, 0.1) is 0 Å². The summed E-state index contributed by atoms with van der Waals surface area (Å²) in [7, 11) is 1.93. The van der Waals surface area contributed by atoms with Crippen LogP contribution in [0.4, 0.5) is 5.95 Å². The highest BCUT2D eigenvalue weighted by Crippen LogP contribution is 2.34. The van der Waals surface area contributed by atoms with Gasteiger partial charge in [-0.1, -0.05) is 66.4 Å². The van der Waals surface area contributed by atoms with E-state index in [0.717, 1.165) is 43.5 Å². The molecular weight excluding hydrogens is 446 g/mol. The van der Waals surface area contributed by atoms with E-state index in [1.165, 1.54) is 28.5 Å². The van der Waals surface area contributed by atoms with Crippen molar-refractivity contribution in [2.45, 2.75) is 37.0 Å². The van der Waals surface area contributed by atoms with Crippen LogP contribution in [-0.2, 0) is 22.5 Å². The van der Waals surface area contributed by atoms with E-state index in [9.17, 15) is 4.79 Å². The third-order valence-electron chi connectivity index (χ3n) is 6.70. The van der Waals surface area contributed by atoms with E-state index in [4.69, 9.17) is 4.74 Å². The molecule has 8 heteroatoms. The van der Waals surface area contributed by atoms with Crippen LogP contribution < -0.4 is 4.90 Å². The third-order valence-corrected chi connectivity index (χ3v) is 7.65. The van der Waals surface area contributed by atoms with Crippen LogP contribution in [0.5, 0.6) is 0 Å². The number of anilines is 1. The smallest absolute Gasteiger partial charge is 0.233 e. The van der Waals surface area contributed by atoms with Gasteiger partial charge in [0.25, 0.3) is 0 Å². The van der Waals surface area contributed by atoms with Gasteiger partial charge in [0.1, 0.15) is 0 Å². The van der Waals surface area contributed by atoms with Crippen LogP contribution in [0.25, 0.3) is 0 Å². The van der Waals surface area contributed by atoms with E-state index in [1.54, 1.807) is 0 Å². The molecule has 1 atom stereocenters. The van der Waals surface area contributed by atoms with Gasteiger partial charge in [-0.25, -0.2) is 0 Å². The topological polar surface area (TPSA) is 63.5 Å². The lowest BCUT2D eigenvalue weighted by Crippen LogP contribution is -2.38. The molecule has 0 radical (unpaired) electrons. The minimum absolute atomic E-state index is 0.119. The second-order valence-electron chi connectivity index (χ2n) is 8.85. The number of aryl methyl sites for hydroxylation is 1. The molecule has 1 aliphatic heterocycles. The van der Waals surface area contributed by atoms with E-state index in [1.807, 2.05) is 30.1 Å². The summed E-state index contributed by atoms with van der Waals surface area (Å²) < 4.78 is 7.65. The molecule has 2 heterocycles. The molecule has 0 unspecified atom stereocenters. The van der Waals surface area contributed by atoms with Crippen molar-refractivity contribution < 1.29 is 9.53 Å². The van der Waals surface area contributed by atoms with Gasteiger partial charge >= 0.3 is 0 Å². The Morgan fingerprint density at radius 3 is 2.68 bits per heavy atom. The highest BCUT2D eigenvalue weighted by molar-refractivity contribution is 7.99. The summed E-state index contributed by atoms with van der Waals surface area (Å²) in [4.78, 5) is 17.4. The largest absolute Gasteiger partial charge is 0.378 e. The number of hydrogen-bond donors (Lipinski definition) is 0.